The maximum atomic E-state index is 11.9. The van der Waals surface area contributed by atoms with Gasteiger partial charge in [0, 0.05) is 44.6 Å². The fraction of sp³-hybridized carbons (Fsp3) is 0.148. The lowest BCUT2D eigenvalue weighted by atomic mass is 9.83. The van der Waals surface area contributed by atoms with Crippen molar-refractivity contribution in [1.29, 1.82) is 0 Å². The topological polar surface area (TPSA) is 64.1 Å². The van der Waals surface area contributed by atoms with Crippen LogP contribution in [0.2, 0.25) is 0 Å². The summed E-state index contributed by atoms with van der Waals surface area (Å²) in [6.45, 7) is 15.8. The molecule has 1 N–H and O–H groups in total. The Morgan fingerprint density at radius 2 is 1.18 bits per heavy atom. The average Bonchev–Trinajstić information content (AvgIpc) is 3.90. The van der Waals surface area contributed by atoms with E-state index in [1.165, 1.54) is 16.7 Å². The zero-order valence-corrected chi connectivity index (χ0v) is 38.4. The number of para-hydroxylation sites is 2. The lowest BCUT2D eigenvalue weighted by molar-refractivity contribution is 0.477. The summed E-state index contributed by atoms with van der Waals surface area (Å²) in [4.78, 5) is 10.8. The molecule has 0 atom stereocenters. The summed E-state index contributed by atoms with van der Waals surface area (Å²) in [7, 11) is 0. The lowest BCUT2D eigenvalue weighted by Crippen LogP contribution is -2.12. The van der Waals surface area contributed by atoms with E-state index in [2.05, 4.69) is 193 Å². The van der Waals surface area contributed by atoms with Crippen LogP contribution in [0.25, 0.3) is 105 Å². The Labute approximate surface area is 385 Å². The largest absolute Gasteiger partial charge is 0.507 e. The van der Waals surface area contributed by atoms with Crippen LogP contribution in [0, 0.1) is 6.92 Å². The third kappa shape index (κ3) is 6.94. The van der Waals surface area contributed by atoms with Crippen LogP contribution >= 0.6 is 0 Å². The van der Waals surface area contributed by atoms with E-state index in [9.17, 15) is 5.11 Å². The minimum atomic E-state index is -0.100. The first kappa shape index (κ1) is 41.0. The molecule has 66 heavy (non-hydrogen) atoms. The summed E-state index contributed by atoms with van der Waals surface area (Å²) in [6.07, 6.45) is 1.92. The second-order valence-corrected chi connectivity index (χ2v) is 19.7. The van der Waals surface area contributed by atoms with Crippen LogP contribution in [0.3, 0.4) is 0 Å². The number of hydrogen-bond donors (Lipinski definition) is 1. The molecule has 322 valence electrons. The van der Waals surface area contributed by atoms with E-state index >= 15 is 0 Å². The Hall–Kier alpha value is -7.76. The van der Waals surface area contributed by atoms with Crippen molar-refractivity contribution in [2.24, 2.45) is 0 Å². The smallest absolute Gasteiger partial charge is 0.147 e. The Balaban J connectivity index is 1.27. The quantitative estimate of drug-likeness (QED) is 0.181. The van der Waals surface area contributed by atoms with Gasteiger partial charge in [0.1, 0.15) is 22.7 Å². The van der Waals surface area contributed by atoms with E-state index in [-0.39, 0.29) is 16.6 Å². The van der Waals surface area contributed by atoms with Crippen LogP contribution in [-0.2, 0) is 10.8 Å². The molecule has 0 fully saturated rings. The summed E-state index contributed by atoms with van der Waals surface area (Å²) in [5, 5.41) is 14.9. The van der Waals surface area contributed by atoms with Crippen LogP contribution in [0.5, 0.6) is 5.75 Å². The van der Waals surface area contributed by atoms with Gasteiger partial charge >= 0.3 is 0 Å². The molecular formula is C61H51N3O2. The minimum absolute atomic E-state index is 0.0898. The summed E-state index contributed by atoms with van der Waals surface area (Å²) in [6, 6.07) is 59.7. The SMILES string of the molecule is Cc1ccnc2c(-c3cc(-c4ccccc4)cc(-c4nc5c(-c6c(O)ccc7c6oc6ccccc67)cccc5n4-c4ccc(C(C)(C)C)cc4-c4ccccc4)c3)cc(C(C)(C)C)cc12. The van der Waals surface area contributed by atoms with Crippen molar-refractivity contribution in [1.82, 2.24) is 14.5 Å². The highest BCUT2D eigenvalue weighted by Gasteiger charge is 2.26. The van der Waals surface area contributed by atoms with Crippen LogP contribution < -0.4 is 0 Å². The van der Waals surface area contributed by atoms with Crippen LogP contribution in [0.4, 0.5) is 0 Å². The van der Waals surface area contributed by atoms with Gasteiger partial charge in [-0.1, -0.05) is 139 Å². The van der Waals surface area contributed by atoms with Gasteiger partial charge in [-0.3, -0.25) is 9.55 Å². The van der Waals surface area contributed by atoms with E-state index in [1.54, 1.807) is 6.07 Å². The number of fused-ring (bicyclic) bond motifs is 5. The molecule has 0 spiro atoms. The fourth-order valence-electron chi connectivity index (χ4n) is 9.57. The summed E-state index contributed by atoms with van der Waals surface area (Å²) < 4.78 is 8.92. The van der Waals surface area contributed by atoms with Crippen molar-refractivity contribution in [3.05, 3.63) is 193 Å². The number of nitrogens with zero attached hydrogens (tertiary/aromatic N) is 3. The molecule has 3 heterocycles. The molecular weight excluding hydrogens is 807 g/mol. The number of aromatic hydroxyl groups is 1. The first-order chi connectivity index (χ1) is 31.8. The Morgan fingerprint density at radius 1 is 0.500 bits per heavy atom. The second-order valence-electron chi connectivity index (χ2n) is 19.7. The number of imidazole rings is 1. The van der Waals surface area contributed by atoms with E-state index in [0.29, 0.717) is 11.1 Å². The van der Waals surface area contributed by atoms with Crippen LogP contribution in [-0.4, -0.2) is 19.6 Å². The van der Waals surface area contributed by atoms with Gasteiger partial charge in [-0.05, 0) is 129 Å². The number of phenols is 1. The molecule has 0 aliphatic heterocycles. The highest BCUT2D eigenvalue weighted by Crippen LogP contribution is 2.46. The number of pyridine rings is 1. The molecule has 8 aromatic carbocycles. The van der Waals surface area contributed by atoms with Gasteiger partial charge in [-0.25, -0.2) is 4.98 Å². The fourth-order valence-corrected chi connectivity index (χ4v) is 9.57. The van der Waals surface area contributed by atoms with Crippen molar-refractivity contribution in [3.8, 4) is 67.3 Å². The summed E-state index contributed by atoms with van der Waals surface area (Å²) >= 11 is 0. The second kappa shape index (κ2) is 15.5. The molecule has 5 nitrogen and oxygen atoms in total. The molecule has 0 saturated carbocycles. The van der Waals surface area contributed by atoms with E-state index in [0.717, 1.165) is 94.3 Å². The Morgan fingerprint density at radius 3 is 1.94 bits per heavy atom. The molecule has 5 heteroatoms. The molecule has 0 bridgehead atoms. The van der Waals surface area contributed by atoms with E-state index in [1.807, 2.05) is 30.5 Å². The number of rotatable bonds is 6. The van der Waals surface area contributed by atoms with Crippen LogP contribution in [0.15, 0.2) is 180 Å². The Bertz CT molecular complexity index is 3680. The van der Waals surface area contributed by atoms with Crippen LogP contribution in [0.1, 0.15) is 58.2 Å². The minimum Gasteiger partial charge on any atom is -0.507 e. The molecule has 0 aliphatic rings. The summed E-state index contributed by atoms with van der Waals surface area (Å²) in [5.74, 6) is 0.903. The van der Waals surface area contributed by atoms with Gasteiger partial charge in [0.2, 0.25) is 0 Å². The van der Waals surface area contributed by atoms with Gasteiger partial charge in [0.15, 0.2) is 0 Å². The number of aromatic nitrogens is 3. The van der Waals surface area contributed by atoms with Gasteiger partial charge in [0.25, 0.3) is 0 Å². The molecule has 11 aromatic rings. The molecule has 11 rings (SSSR count). The number of furan rings is 1. The number of aryl methyl sites for hydroxylation is 1. The van der Waals surface area contributed by atoms with Crippen molar-refractivity contribution >= 4 is 43.9 Å². The standard InChI is InChI=1S/C61H51N3O2/c1-37-29-30-62-56-48(37)35-44(61(5,6)7)36-50(56)41-31-40(38-17-10-8-11-18-38)32-42(33-41)59-63-57-47(55-53(65)28-26-46-45-21-14-15-24-54(45)66-58(46)55)22-16-23-52(57)64(59)51-27-25-43(60(2,3)4)34-49(51)39-19-12-9-13-20-39/h8-36,65H,1-7H3. The molecule has 0 amide bonds. The lowest BCUT2D eigenvalue weighted by Gasteiger charge is -2.23. The summed E-state index contributed by atoms with van der Waals surface area (Å²) in [5.41, 5.74) is 17.3. The predicted molar refractivity (Wildman–Crippen MR) is 275 cm³/mol. The number of benzene rings is 8. The predicted octanol–water partition coefficient (Wildman–Crippen LogP) is 16.4. The van der Waals surface area contributed by atoms with Gasteiger partial charge < -0.3 is 9.52 Å². The third-order valence-corrected chi connectivity index (χ3v) is 13.2. The van der Waals surface area contributed by atoms with Gasteiger partial charge in [0.05, 0.1) is 27.8 Å². The zero-order chi connectivity index (χ0) is 45.5. The molecule has 0 saturated heterocycles. The first-order valence-corrected chi connectivity index (χ1v) is 22.8. The highest BCUT2D eigenvalue weighted by atomic mass is 16.3. The van der Waals surface area contributed by atoms with Gasteiger partial charge in [-0.2, -0.15) is 0 Å². The van der Waals surface area contributed by atoms with Crippen molar-refractivity contribution in [3.63, 3.8) is 0 Å². The van der Waals surface area contributed by atoms with Gasteiger partial charge in [-0.15, -0.1) is 0 Å². The molecule has 0 aliphatic carbocycles. The van der Waals surface area contributed by atoms with E-state index in [4.69, 9.17) is 14.4 Å². The molecule has 3 aromatic heterocycles. The first-order valence-electron chi connectivity index (χ1n) is 22.8. The maximum absolute atomic E-state index is 11.9. The number of phenolic OH excluding ortho intramolecular Hbond substituents is 1. The maximum Gasteiger partial charge on any atom is 0.147 e. The number of hydrogen-bond acceptors (Lipinski definition) is 4. The normalized spacial score (nSPS) is 12.2. The monoisotopic (exact) mass is 857 g/mol. The zero-order valence-electron chi connectivity index (χ0n) is 38.4. The highest BCUT2D eigenvalue weighted by molar-refractivity contribution is 6.13. The van der Waals surface area contributed by atoms with E-state index < -0.39 is 0 Å². The third-order valence-electron chi connectivity index (χ3n) is 13.2. The molecule has 0 radical (unpaired) electrons. The Kier molecular flexibility index (Phi) is 9.59. The van der Waals surface area contributed by atoms with Crippen molar-refractivity contribution < 1.29 is 9.52 Å². The van der Waals surface area contributed by atoms with Crippen molar-refractivity contribution in [2.75, 3.05) is 0 Å². The van der Waals surface area contributed by atoms with Crippen molar-refractivity contribution in [2.45, 2.75) is 59.3 Å². The average molecular weight is 858 g/mol. The molecule has 0 unspecified atom stereocenters.